The van der Waals surface area contributed by atoms with Crippen LogP contribution in [0.4, 0.5) is 0 Å². The summed E-state index contributed by atoms with van der Waals surface area (Å²) in [4.78, 5) is 14.3. The molecule has 1 fully saturated rings. The molecule has 3 rings (SSSR count). The van der Waals surface area contributed by atoms with E-state index in [2.05, 4.69) is 24.0 Å². The first-order valence-electron chi connectivity index (χ1n) is 8.34. The maximum absolute atomic E-state index is 11.8. The zero-order valence-corrected chi connectivity index (χ0v) is 14.6. The van der Waals surface area contributed by atoms with Gasteiger partial charge in [-0.15, -0.1) is 0 Å². The minimum atomic E-state index is 0.117. The van der Waals surface area contributed by atoms with Crippen molar-refractivity contribution < 1.29 is 9.53 Å². The minimum Gasteiger partial charge on any atom is -0.381 e. The molecule has 0 atom stereocenters. The van der Waals surface area contributed by atoms with Crippen LogP contribution in [0.1, 0.15) is 41.4 Å². The van der Waals surface area contributed by atoms with Crippen LogP contribution in [-0.2, 0) is 18.3 Å². The van der Waals surface area contributed by atoms with Gasteiger partial charge in [0, 0.05) is 46.1 Å². The second-order valence-electron chi connectivity index (χ2n) is 6.71. The molecule has 23 heavy (non-hydrogen) atoms. The highest BCUT2D eigenvalue weighted by atomic mass is 16.5. The van der Waals surface area contributed by atoms with E-state index >= 15 is 0 Å². The number of ether oxygens (including phenoxy) is 1. The molecule has 1 aliphatic rings. The molecule has 1 aromatic carbocycles. The van der Waals surface area contributed by atoms with E-state index in [4.69, 9.17) is 4.74 Å². The number of methoxy groups -OCH3 is 1. The molecule has 0 aliphatic carbocycles. The van der Waals surface area contributed by atoms with Crippen molar-refractivity contribution in [2.45, 2.75) is 39.3 Å². The molecule has 0 unspecified atom stereocenters. The van der Waals surface area contributed by atoms with E-state index in [1.54, 1.807) is 14.0 Å². The van der Waals surface area contributed by atoms with Crippen LogP contribution < -0.4 is 0 Å². The SMILES string of the molecule is COC1CCN(Cc2cc(C)c3c(c2)cc(C(C)=O)n3C)CC1. The summed E-state index contributed by atoms with van der Waals surface area (Å²) in [5.41, 5.74) is 4.50. The van der Waals surface area contributed by atoms with E-state index in [1.165, 1.54) is 16.5 Å². The van der Waals surface area contributed by atoms with Crippen LogP contribution in [0.3, 0.4) is 0 Å². The molecule has 0 spiro atoms. The van der Waals surface area contributed by atoms with Gasteiger partial charge in [0.15, 0.2) is 5.78 Å². The molecule has 4 nitrogen and oxygen atoms in total. The third-order valence-electron chi connectivity index (χ3n) is 5.01. The number of ketones is 1. The highest BCUT2D eigenvalue weighted by molar-refractivity contribution is 5.99. The molecule has 2 heterocycles. The van der Waals surface area contributed by atoms with Crippen molar-refractivity contribution in [1.82, 2.24) is 9.47 Å². The monoisotopic (exact) mass is 314 g/mol. The fourth-order valence-corrected chi connectivity index (χ4v) is 3.81. The quantitative estimate of drug-likeness (QED) is 0.812. The number of aromatic nitrogens is 1. The Morgan fingerprint density at radius 2 is 1.96 bits per heavy atom. The molecule has 124 valence electrons. The van der Waals surface area contributed by atoms with Crippen LogP contribution in [-0.4, -0.2) is 41.6 Å². The Labute approximate surface area is 138 Å². The molecule has 4 heteroatoms. The summed E-state index contributed by atoms with van der Waals surface area (Å²) in [5, 5.41) is 1.17. The number of hydrogen-bond donors (Lipinski definition) is 0. The standard InChI is InChI=1S/C19H26N2O2/c1-13-9-15(12-21-7-5-17(23-4)6-8-21)10-16-11-18(14(2)22)20(3)19(13)16/h9-11,17H,5-8,12H2,1-4H3. The third-order valence-corrected chi connectivity index (χ3v) is 5.01. The Bertz CT molecular complexity index is 725. The van der Waals surface area contributed by atoms with Crippen LogP contribution in [0.5, 0.6) is 0 Å². The zero-order chi connectivity index (χ0) is 16.6. The van der Waals surface area contributed by atoms with E-state index in [0.29, 0.717) is 6.10 Å². The van der Waals surface area contributed by atoms with Gasteiger partial charge in [0.25, 0.3) is 0 Å². The number of Topliss-reactive ketones (excluding diaryl/α,β-unsaturated/α-hetero) is 1. The number of carbonyl (C=O) groups excluding carboxylic acids is 1. The van der Waals surface area contributed by atoms with Crippen LogP contribution in [0, 0.1) is 6.92 Å². The molecule has 0 radical (unpaired) electrons. The zero-order valence-electron chi connectivity index (χ0n) is 14.6. The summed E-state index contributed by atoms with van der Waals surface area (Å²) < 4.78 is 7.46. The normalized spacial score (nSPS) is 17.0. The van der Waals surface area contributed by atoms with Crippen molar-refractivity contribution >= 4 is 16.7 Å². The Kier molecular flexibility index (Phi) is 4.55. The molecular formula is C19H26N2O2. The lowest BCUT2D eigenvalue weighted by molar-refractivity contribution is 0.0389. The number of likely N-dealkylation sites (tertiary alicyclic amines) is 1. The molecule has 1 aliphatic heterocycles. The van der Waals surface area contributed by atoms with E-state index < -0.39 is 0 Å². The topological polar surface area (TPSA) is 34.5 Å². The lowest BCUT2D eigenvalue weighted by Crippen LogP contribution is -2.36. The van der Waals surface area contributed by atoms with Crippen molar-refractivity contribution in [2.24, 2.45) is 7.05 Å². The second kappa shape index (κ2) is 6.46. The minimum absolute atomic E-state index is 0.117. The van der Waals surface area contributed by atoms with Crippen molar-refractivity contribution in [2.75, 3.05) is 20.2 Å². The molecule has 0 amide bonds. The summed E-state index contributed by atoms with van der Waals surface area (Å²) in [6.07, 6.45) is 2.64. The molecule has 2 aromatic rings. The fourth-order valence-electron chi connectivity index (χ4n) is 3.81. The number of rotatable bonds is 4. The summed E-state index contributed by atoms with van der Waals surface area (Å²) in [6.45, 7) is 6.90. The Morgan fingerprint density at radius 1 is 1.26 bits per heavy atom. The van der Waals surface area contributed by atoms with Crippen molar-refractivity contribution in [3.05, 3.63) is 35.0 Å². The van der Waals surface area contributed by atoms with E-state index in [9.17, 15) is 4.79 Å². The van der Waals surface area contributed by atoms with Gasteiger partial charge >= 0.3 is 0 Å². The highest BCUT2D eigenvalue weighted by Gasteiger charge is 2.19. The first-order chi connectivity index (χ1) is 11.0. The van der Waals surface area contributed by atoms with Gasteiger partial charge in [-0.2, -0.15) is 0 Å². The first-order valence-corrected chi connectivity index (χ1v) is 8.34. The maximum atomic E-state index is 11.8. The van der Waals surface area contributed by atoms with Gasteiger partial charge in [0.05, 0.1) is 17.3 Å². The number of aryl methyl sites for hydroxylation is 2. The summed E-state index contributed by atoms with van der Waals surface area (Å²) >= 11 is 0. The predicted molar refractivity (Wildman–Crippen MR) is 93.0 cm³/mol. The molecule has 1 aromatic heterocycles. The number of hydrogen-bond acceptors (Lipinski definition) is 3. The van der Waals surface area contributed by atoms with Gasteiger partial charge in [-0.25, -0.2) is 0 Å². The van der Waals surface area contributed by atoms with Crippen LogP contribution >= 0.6 is 0 Å². The molecule has 0 N–H and O–H groups in total. The second-order valence-corrected chi connectivity index (χ2v) is 6.71. The first kappa shape index (κ1) is 16.2. The number of piperidine rings is 1. The molecule has 0 bridgehead atoms. The summed E-state index contributed by atoms with van der Waals surface area (Å²) in [5.74, 6) is 0.117. The van der Waals surface area contributed by atoms with Crippen molar-refractivity contribution in [3.8, 4) is 0 Å². The predicted octanol–water partition coefficient (Wildman–Crippen LogP) is 3.30. The summed E-state index contributed by atoms with van der Waals surface area (Å²) in [6, 6.07) is 6.51. The number of benzene rings is 1. The summed E-state index contributed by atoms with van der Waals surface area (Å²) in [7, 11) is 3.78. The van der Waals surface area contributed by atoms with E-state index in [1.807, 2.05) is 17.7 Å². The van der Waals surface area contributed by atoms with Gasteiger partial charge in [0.2, 0.25) is 0 Å². The fraction of sp³-hybridized carbons (Fsp3) is 0.526. The largest absolute Gasteiger partial charge is 0.381 e. The average Bonchev–Trinajstić information content (AvgIpc) is 2.85. The number of nitrogens with zero attached hydrogens (tertiary/aromatic N) is 2. The Morgan fingerprint density at radius 3 is 2.57 bits per heavy atom. The third kappa shape index (κ3) is 3.19. The number of fused-ring (bicyclic) bond motifs is 1. The van der Waals surface area contributed by atoms with Gasteiger partial charge in [-0.1, -0.05) is 6.07 Å². The van der Waals surface area contributed by atoms with Crippen molar-refractivity contribution in [1.29, 1.82) is 0 Å². The highest BCUT2D eigenvalue weighted by Crippen LogP contribution is 2.26. The van der Waals surface area contributed by atoms with Gasteiger partial charge in [-0.3, -0.25) is 9.69 Å². The van der Waals surface area contributed by atoms with Crippen LogP contribution in [0.25, 0.3) is 10.9 Å². The van der Waals surface area contributed by atoms with E-state index in [-0.39, 0.29) is 5.78 Å². The van der Waals surface area contributed by atoms with E-state index in [0.717, 1.165) is 43.7 Å². The molecular weight excluding hydrogens is 288 g/mol. The van der Waals surface area contributed by atoms with Gasteiger partial charge < -0.3 is 9.30 Å². The van der Waals surface area contributed by atoms with Gasteiger partial charge in [-0.05, 0) is 43.0 Å². The maximum Gasteiger partial charge on any atom is 0.176 e. The smallest absolute Gasteiger partial charge is 0.176 e. The average molecular weight is 314 g/mol. The lowest BCUT2D eigenvalue weighted by Gasteiger charge is -2.31. The number of carbonyl (C=O) groups is 1. The van der Waals surface area contributed by atoms with Gasteiger partial charge in [0.1, 0.15) is 0 Å². The Balaban J connectivity index is 1.84. The van der Waals surface area contributed by atoms with Crippen LogP contribution in [0.15, 0.2) is 18.2 Å². The molecule has 0 saturated carbocycles. The lowest BCUT2D eigenvalue weighted by atomic mass is 10.0. The Hall–Kier alpha value is -1.65. The molecule has 1 saturated heterocycles. The van der Waals surface area contributed by atoms with Crippen LogP contribution in [0.2, 0.25) is 0 Å². The van der Waals surface area contributed by atoms with Crippen molar-refractivity contribution in [3.63, 3.8) is 0 Å².